The molecule has 8 nitrogen and oxygen atoms in total. The lowest BCUT2D eigenvalue weighted by atomic mass is 10.2. The van der Waals surface area contributed by atoms with Crippen LogP contribution in [-0.2, 0) is 6.54 Å². The van der Waals surface area contributed by atoms with Crippen LogP contribution in [0.1, 0.15) is 13.8 Å². The highest BCUT2D eigenvalue weighted by molar-refractivity contribution is 7.98. The van der Waals surface area contributed by atoms with Gasteiger partial charge in [-0.25, -0.2) is 9.67 Å². The van der Waals surface area contributed by atoms with Gasteiger partial charge in [0.15, 0.2) is 5.65 Å². The fraction of sp³-hybridized carbons (Fsp3) is 0.357. The Morgan fingerprint density at radius 3 is 2.78 bits per heavy atom. The zero-order valence-electron chi connectivity index (χ0n) is 13.0. The van der Waals surface area contributed by atoms with Crippen LogP contribution in [0.25, 0.3) is 27.7 Å². The van der Waals surface area contributed by atoms with Crippen LogP contribution in [0.15, 0.2) is 17.6 Å². The van der Waals surface area contributed by atoms with Crippen molar-refractivity contribution in [3.05, 3.63) is 12.4 Å². The van der Waals surface area contributed by atoms with Crippen molar-refractivity contribution in [2.24, 2.45) is 0 Å². The van der Waals surface area contributed by atoms with E-state index in [2.05, 4.69) is 25.1 Å². The molecule has 0 spiro atoms. The summed E-state index contributed by atoms with van der Waals surface area (Å²) in [6, 6.07) is 0. The normalized spacial score (nSPS) is 11.8. The highest BCUT2D eigenvalue weighted by Crippen LogP contribution is 2.30. The maximum Gasteiger partial charge on any atom is 0.257 e. The summed E-state index contributed by atoms with van der Waals surface area (Å²) >= 11 is 1.48. The van der Waals surface area contributed by atoms with Gasteiger partial charge in [0.05, 0.1) is 29.1 Å². The van der Waals surface area contributed by atoms with Gasteiger partial charge in [-0.3, -0.25) is 0 Å². The van der Waals surface area contributed by atoms with E-state index in [0.29, 0.717) is 23.4 Å². The molecular weight excluding hydrogens is 314 g/mol. The molecule has 0 saturated carbocycles. The summed E-state index contributed by atoms with van der Waals surface area (Å²) in [7, 11) is 0. The van der Waals surface area contributed by atoms with Gasteiger partial charge < -0.3 is 4.74 Å². The Morgan fingerprint density at radius 1 is 1.17 bits per heavy atom. The first-order valence-electron chi connectivity index (χ1n) is 7.34. The minimum Gasteiger partial charge on any atom is -0.477 e. The largest absolute Gasteiger partial charge is 0.477 e. The molecular formula is C14H15N7OS. The van der Waals surface area contributed by atoms with Crippen LogP contribution in [0.2, 0.25) is 0 Å². The van der Waals surface area contributed by atoms with E-state index in [-0.39, 0.29) is 0 Å². The fourth-order valence-electron chi connectivity index (χ4n) is 2.62. The molecule has 4 heterocycles. The first-order chi connectivity index (χ1) is 11.3. The van der Waals surface area contributed by atoms with Gasteiger partial charge in [0.1, 0.15) is 0 Å². The third-order valence-electron chi connectivity index (χ3n) is 3.62. The van der Waals surface area contributed by atoms with Crippen LogP contribution >= 0.6 is 11.8 Å². The number of thioether (sulfide) groups is 1. The number of aryl methyl sites for hydroxylation is 1. The number of aromatic nitrogens is 7. The number of hydrogen-bond acceptors (Lipinski definition) is 7. The van der Waals surface area contributed by atoms with Crippen LogP contribution in [-0.4, -0.2) is 47.2 Å². The minimum absolute atomic E-state index is 0.516. The van der Waals surface area contributed by atoms with Crippen molar-refractivity contribution in [2.45, 2.75) is 25.5 Å². The summed E-state index contributed by atoms with van der Waals surface area (Å²) in [6.07, 6.45) is 5.51. The summed E-state index contributed by atoms with van der Waals surface area (Å²) in [6.45, 7) is 5.24. The maximum atomic E-state index is 5.69. The number of ether oxygens (including phenoxy) is 1. The molecule has 0 unspecified atom stereocenters. The van der Waals surface area contributed by atoms with E-state index in [1.807, 2.05) is 31.0 Å². The summed E-state index contributed by atoms with van der Waals surface area (Å²) < 4.78 is 9.29. The van der Waals surface area contributed by atoms with Gasteiger partial charge in [-0.2, -0.15) is 19.6 Å². The number of hydrogen-bond donors (Lipinski definition) is 0. The first-order valence-corrected chi connectivity index (χ1v) is 8.57. The average Bonchev–Trinajstić information content (AvgIpc) is 3.17. The summed E-state index contributed by atoms with van der Waals surface area (Å²) in [5.74, 6) is 1.04. The van der Waals surface area contributed by atoms with Gasteiger partial charge in [0.2, 0.25) is 11.0 Å². The molecule has 4 rings (SSSR count). The molecule has 0 aliphatic carbocycles. The molecule has 4 aromatic heterocycles. The lowest BCUT2D eigenvalue weighted by Crippen LogP contribution is -2.02. The molecule has 23 heavy (non-hydrogen) atoms. The summed E-state index contributed by atoms with van der Waals surface area (Å²) in [4.78, 5) is 13.4. The summed E-state index contributed by atoms with van der Waals surface area (Å²) in [5.41, 5.74) is 1.69. The van der Waals surface area contributed by atoms with Crippen LogP contribution < -0.4 is 4.74 Å². The number of pyridine rings is 1. The highest BCUT2D eigenvalue weighted by Gasteiger charge is 2.18. The molecule has 0 saturated heterocycles. The average molecular weight is 329 g/mol. The number of nitrogens with zero attached hydrogens (tertiary/aromatic N) is 7. The second-order valence-corrected chi connectivity index (χ2v) is 5.65. The van der Waals surface area contributed by atoms with Crippen molar-refractivity contribution in [3.8, 4) is 5.88 Å². The van der Waals surface area contributed by atoms with Gasteiger partial charge in [-0.15, -0.1) is 5.10 Å². The van der Waals surface area contributed by atoms with Gasteiger partial charge in [-0.1, -0.05) is 11.8 Å². The molecule has 118 valence electrons. The van der Waals surface area contributed by atoms with Crippen molar-refractivity contribution in [3.63, 3.8) is 0 Å². The minimum atomic E-state index is 0.516. The highest BCUT2D eigenvalue weighted by atomic mass is 32.2. The van der Waals surface area contributed by atoms with Crippen LogP contribution in [0.3, 0.4) is 0 Å². The lowest BCUT2D eigenvalue weighted by Gasteiger charge is -2.08. The van der Waals surface area contributed by atoms with Crippen molar-refractivity contribution in [2.75, 3.05) is 12.9 Å². The smallest absolute Gasteiger partial charge is 0.257 e. The third kappa shape index (κ3) is 2.03. The molecule has 0 radical (unpaired) electrons. The van der Waals surface area contributed by atoms with E-state index in [1.54, 1.807) is 10.7 Å². The first kappa shape index (κ1) is 14.2. The van der Waals surface area contributed by atoms with E-state index in [4.69, 9.17) is 4.74 Å². The predicted molar refractivity (Wildman–Crippen MR) is 88.0 cm³/mol. The third-order valence-corrected chi connectivity index (χ3v) is 4.15. The van der Waals surface area contributed by atoms with Gasteiger partial charge in [-0.05, 0) is 20.1 Å². The Hall–Kier alpha value is -2.42. The number of rotatable bonds is 4. The molecule has 0 fully saturated rings. The van der Waals surface area contributed by atoms with Gasteiger partial charge >= 0.3 is 0 Å². The molecule has 0 aliphatic heterocycles. The van der Waals surface area contributed by atoms with Crippen molar-refractivity contribution in [1.82, 2.24) is 34.3 Å². The molecule has 0 N–H and O–H groups in total. The second kappa shape index (κ2) is 5.34. The van der Waals surface area contributed by atoms with Crippen LogP contribution in [0.4, 0.5) is 0 Å². The van der Waals surface area contributed by atoms with Gasteiger partial charge in [0.25, 0.3) is 5.78 Å². The van der Waals surface area contributed by atoms with E-state index in [9.17, 15) is 0 Å². The fourth-order valence-corrected chi connectivity index (χ4v) is 2.96. The van der Waals surface area contributed by atoms with Crippen molar-refractivity contribution in [1.29, 1.82) is 0 Å². The SMILES string of the molecule is CCOc1nc2nc(SC)nn2c2c1cnc1c2cnn1CC. The molecule has 0 aromatic carbocycles. The molecule has 0 amide bonds. The Balaban J connectivity index is 2.20. The quantitative estimate of drug-likeness (QED) is 0.531. The van der Waals surface area contributed by atoms with Crippen LogP contribution in [0, 0.1) is 0 Å². The lowest BCUT2D eigenvalue weighted by molar-refractivity contribution is 0.331. The molecule has 0 bridgehead atoms. The second-order valence-electron chi connectivity index (χ2n) is 4.88. The standard InChI is InChI=1S/C14H15N7OS/c1-4-20-11-8(7-16-20)10-9(6-15-11)12(22-5-2)17-13-18-14(23-3)19-21(10)13/h6-7H,4-5H2,1-3H3. The molecule has 0 atom stereocenters. The molecule has 0 aliphatic rings. The zero-order chi connectivity index (χ0) is 16.0. The molecule has 9 heteroatoms. The predicted octanol–water partition coefficient (Wildman–Crippen LogP) is 2.16. The van der Waals surface area contributed by atoms with Crippen molar-refractivity contribution < 1.29 is 4.74 Å². The van der Waals surface area contributed by atoms with Crippen molar-refractivity contribution >= 4 is 39.5 Å². The molecule has 4 aromatic rings. The number of fused-ring (bicyclic) bond motifs is 5. The van der Waals surface area contributed by atoms with E-state index in [0.717, 1.165) is 28.5 Å². The maximum absolute atomic E-state index is 5.69. The Labute approximate surface area is 135 Å². The monoisotopic (exact) mass is 329 g/mol. The Kier molecular flexibility index (Phi) is 3.29. The van der Waals surface area contributed by atoms with E-state index < -0.39 is 0 Å². The van der Waals surface area contributed by atoms with E-state index in [1.165, 1.54) is 11.8 Å². The Morgan fingerprint density at radius 2 is 2.04 bits per heavy atom. The zero-order valence-corrected chi connectivity index (χ0v) is 13.8. The van der Waals surface area contributed by atoms with Crippen LogP contribution in [0.5, 0.6) is 5.88 Å². The Bertz CT molecular complexity index is 1020. The topological polar surface area (TPSA) is 83.0 Å². The van der Waals surface area contributed by atoms with E-state index >= 15 is 0 Å². The van der Waals surface area contributed by atoms with Gasteiger partial charge in [0, 0.05) is 12.7 Å². The summed E-state index contributed by atoms with van der Waals surface area (Å²) in [5, 5.41) is 11.3.